The van der Waals surface area contributed by atoms with E-state index in [1.165, 1.54) is 6.08 Å². The van der Waals surface area contributed by atoms with E-state index in [-0.39, 0.29) is 24.4 Å². The van der Waals surface area contributed by atoms with Crippen molar-refractivity contribution in [3.8, 4) is 0 Å². The van der Waals surface area contributed by atoms with Crippen LogP contribution in [0.15, 0.2) is 60.8 Å². The Balaban J connectivity index is 1.42. The van der Waals surface area contributed by atoms with E-state index in [1.54, 1.807) is 12.2 Å². The molecule has 2 N–H and O–H groups in total. The first-order valence-electron chi connectivity index (χ1n) is 12.7. The Hall–Kier alpha value is -1.99. The number of aliphatic hydroxyl groups excluding tert-OH is 2. The van der Waals surface area contributed by atoms with Crippen LogP contribution in [-0.2, 0) is 19.0 Å². The Morgan fingerprint density at radius 1 is 1.09 bits per heavy atom. The quantitative estimate of drug-likeness (QED) is 0.367. The molecule has 0 aromatic rings. The van der Waals surface area contributed by atoms with Gasteiger partial charge >= 0.3 is 5.97 Å². The van der Waals surface area contributed by atoms with Gasteiger partial charge in [0.15, 0.2) is 0 Å². The van der Waals surface area contributed by atoms with Crippen molar-refractivity contribution in [2.24, 2.45) is 5.92 Å². The first-order chi connectivity index (χ1) is 16.5. The molecular formula is C28H38O6. The van der Waals surface area contributed by atoms with Crippen LogP contribution in [0.2, 0.25) is 0 Å². The second-order valence-electron chi connectivity index (χ2n) is 9.94. The molecule has 1 aliphatic carbocycles. The summed E-state index contributed by atoms with van der Waals surface area (Å²) in [6.07, 6.45) is 19.5. The van der Waals surface area contributed by atoms with E-state index in [9.17, 15) is 15.0 Å². The molecule has 1 fully saturated rings. The lowest BCUT2D eigenvalue weighted by Gasteiger charge is -2.25. The monoisotopic (exact) mass is 470 g/mol. The average molecular weight is 471 g/mol. The fraction of sp³-hybridized carbons (Fsp3) is 0.607. The summed E-state index contributed by atoms with van der Waals surface area (Å²) in [7, 11) is 0. The summed E-state index contributed by atoms with van der Waals surface area (Å²) in [5.41, 5.74) is 1.00. The predicted octanol–water partition coefficient (Wildman–Crippen LogP) is 4.09. The molecule has 4 aliphatic rings. The summed E-state index contributed by atoms with van der Waals surface area (Å²) in [4.78, 5) is 12.5. The van der Waals surface area contributed by atoms with Gasteiger partial charge in [-0.25, -0.2) is 4.79 Å². The molecule has 7 atom stereocenters. The Bertz CT molecular complexity index is 819. The van der Waals surface area contributed by atoms with Crippen LogP contribution in [0, 0.1) is 5.92 Å². The average Bonchev–Trinajstić information content (AvgIpc) is 3.38. The van der Waals surface area contributed by atoms with Crippen molar-refractivity contribution in [3.05, 3.63) is 60.8 Å². The van der Waals surface area contributed by atoms with Gasteiger partial charge < -0.3 is 24.4 Å². The number of ether oxygens (including phenoxy) is 3. The van der Waals surface area contributed by atoms with Crippen LogP contribution in [0.25, 0.3) is 0 Å². The third-order valence-electron chi connectivity index (χ3n) is 7.03. The minimum Gasteiger partial charge on any atom is -0.456 e. The lowest BCUT2D eigenvalue weighted by atomic mass is 9.97. The van der Waals surface area contributed by atoms with Crippen molar-refractivity contribution in [1.29, 1.82) is 0 Å². The Kier molecular flexibility index (Phi) is 8.95. The maximum Gasteiger partial charge on any atom is 0.330 e. The largest absolute Gasteiger partial charge is 0.456 e. The molecule has 0 radical (unpaired) electrons. The molecular weight excluding hydrogens is 432 g/mol. The number of hydrogen-bond donors (Lipinski definition) is 2. The first kappa shape index (κ1) is 25.1. The fourth-order valence-corrected chi connectivity index (χ4v) is 4.99. The Morgan fingerprint density at radius 2 is 1.91 bits per heavy atom. The highest BCUT2D eigenvalue weighted by atomic mass is 16.6. The zero-order valence-corrected chi connectivity index (χ0v) is 19.8. The van der Waals surface area contributed by atoms with Crippen LogP contribution < -0.4 is 0 Å². The normalized spacial score (nSPS) is 37.6. The van der Waals surface area contributed by atoms with Crippen LogP contribution in [-0.4, -0.2) is 58.9 Å². The summed E-state index contributed by atoms with van der Waals surface area (Å²) in [5, 5.41) is 21.4. The second-order valence-corrected chi connectivity index (χ2v) is 9.94. The maximum absolute atomic E-state index is 12.5. The lowest BCUT2D eigenvalue weighted by molar-refractivity contribution is -0.148. The summed E-state index contributed by atoms with van der Waals surface area (Å²) in [5.74, 6) is -0.127. The molecule has 6 nitrogen and oxygen atoms in total. The number of allylic oxidation sites excluding steroid dienone is 3. The third-order valence-corrected chi connectivity index (χ3v) is 7.03. The number of fused-ring (bicyclic) bond motifs is 3. The van der Waals surface area contributed by atoms with Gasteiger partial charge in [-0.15, -0.1) is 0 Å². The summed E-state index contributed by atoms with van der Waals surface area (Å²) < 4.78 is 17.5. The zero-order chi connectivity index (χ0) is 23.9. The molecule has 0 amide bonds. The highest BCUT2D eigenvalue weighted by molar-refractivity contribution is 5.82. The van der Waals surface area contributed by atoms with E-state index in [0.29, 0.717) is 25.2 Å². The van der Waals surface area contributed by atoms with Crippen molar-refractivity contribution in [1.82, 2.24) is 0 Å². The van der Waals surface area contributed by atoms with Gasteiger partial charge in [0.25, 0.3) is 0 Å². The molecule has 1 unspecified atom stereocenters. The minimum absolute atomic E-state index is 0.0586. The van der Waals surface area contributed by atoms with Gasteiger partial charge in [-0.2, -0.15) is 0 Å². The molecule has 0 saturated carbocycles. The SMILES string of the molecule is C=C1CCC[C@@H]2CC=C[C@@H](C/C=C\C(=O)OC([C@@H](O)/C=C/C3CC=CC3)C[C@@H]3O[C@H]3[C@@H](O)C1)O2. The van der Waals surface area contributed by atoms with E-state index < -0.39 is 24.3 Å². The number of cyclic esters (lactones) is 1. The zero-order valence-electron chi connectivity index (χ0n) is 19.8. The van der Waals surface area contributed by atoms with Gasteiger partial charge in [0.2, 0.25) is 0 Å². The standard InChI is InChI=1S/C28H38O6/c1-19-7-4-10-21-11-5-12-22(32-21)13-6-14-27(31)33-25(18-26-28(34-26)24(30)17-19)23(29)16-15-20-8-2-3-9-20/h2-3,5-6,12,14-16,20-26,28-30H,1,4,7-11,13,17-18H2/b14-6-,16-15+/t21-,22+,23+,24+,25?,26+,28+/m1/s1. The van der Waals surface area contributed by atoms with E-state index >= 15 is 0 Å². The Labute approximate surface area is 202 Å². The highest BCUT2D eigenvalue weighted by Gasteiger charge is 2.46. The van der Waals surface area contributed by atoms with Crippen LogP contribution in [0.5, 0.6) is 0 Å². The number of hydrogen-bond acceptors (Lipinski definition) is 6. The van der Waals surface area contributed by atoms with Gasteiger partial charge in [-0.3, -0.25) is 0 Å². The predicted molar refractivity (Wildman–Crippen MR) is 130 cm³/mol. The molecule has 3 aliphatic heterocycles. The van der Waals surface area contributed by atoms with Crippen molar-refractivity contribution >= 4 is 5.97 Å². The van der Waals surface area contributed by atoms with Crippen LogP contribution in [0.3, 0.4) is 0 Å². The molecule has 6 heteroatoms. The van der Waals surface area contributed by atoms with Gasteiger partial charge in [0.1, 0.15) is 18.3 Å². The summed E-state index contributed by atoms with van der Waals surface area (Å²) in [6.45, 7) is 4.14. The number of esters is 1. The van der Waals surface area contributed by atoms with Crippen molar-refractivity contribution in [3.63, 3.8) is 0 Å². The van der Waals surface area contributed by atoms with Crippen molar-refractivity contribution in [2.75, 3.05) is 0 Å². The number of carbonyl (C=O) groups is 1. The second kappa shape index (κ2) is 12.1. The molecule has 0 spiro atoms. The minimum atomic E-state index is -0.939. The number of epoxide rings is 1. The molecule has 1 saturated heterocycles. The number of aliphatic hydroxyl groups is 2. The molecule has 0 aromatic carbocycles. The van der Waals surface area contributed by atoms with Crippen LogP contribution >= 0.6 is 0 Å². The number of rotatable bonds is 3. The molecule has 3 heterocycles. The summed E-state index contributed by atoms with van der Waals surface area (Å²) >= 11 is 0. The van der Waals surface area contributed by atoms with Gasteiger partial charge in [0.05, 0.1) is 24.4 Å². The van der Waals surface area contributed by atoms with Crippen molar-refractivity contribution in [2.45, 2.75) is 101 Å². The van der Waals surface area contributed by atoms with E-state index in [0.717, 1.165) is 44.1 Å². The summed E-state index contributed by atoms with van der Waals surface area (Å²) in [6, 6.07) is 0. The van der Waals surface area contributed by atoms with E-state index in [4.69, 9.17) is 14.2 Å². The smallest absolute Gasteiger partial charge is 0.330 e. The highest BCUT2D eigenvalue weighted by Crippen LogP contribution is 2.34. The van der Waals surface area contributed by atoms with E-state index in [1.807, 2.05) is 12.2 Å². The number of carbonyl (C=O) groups excluding carboxylic acids is 1. The van der Waals surface area contributed by atoms with Gasteiger partial charge in [-0.05, 0) is 57.3 Å². The molecule has 4 rings (SSSR count). The van der Waals surface area contributed by atoms with E-state index in [2.05, 4.69) is 24.8 Å². The fourth-order valence-electron chi connectivity index (χ4n) is 4.99. The Morgan fingerprint density at radius 3 is 2.74 bits per heavy atom. The van der Waals surface area contributed by atoms with Crippen molar-refractivity contribution < 1.29 is 29.2 Å². The third kappa shape index (κ3) is 7.51. The van der Waals surface area contributed by atoms with Crippen LogP contribution in [0.4, 0.5) is 0 Å². The molecule has 0 aromatic heterocycles. The first-order valence-corrected chi connectivity index (χ1v) is 12.7. The van der Waals surface area contributed by atoms with Gasteiger partial charge in [0, 0.05) is 12.5 Å². The lowest BCUT2D eigenvalue weighted by Crippen LogP contribution is -2.32. The topological polar surface area (TPSA) is 88.5 Å². The molecule has 34 heavy (non-hydrogen) atoms. The van der Waals surface area contributed by atoms with Gasteiger partial charge in [-0.1, -0.05) is 54.7 Å². The molecule has 186 valence electrons. The van der Waals surface area contributed by atoms with Crippen LogP contribution in [0.1, 0.15) is 57.8 Å². The maximum atomic E-state index is 12.5. The molecule has 2 bridgehead atoms.